The number of benzene rings is 1. The molecule has 0 aliphatic carbocycles. The number of para-hydroxylation sites is 1. The van der Waals surface area contributed by atoms with Gasteiger partial charge >= 0.3 is 5.97 Å². The number of aromatic nitrogens is 1. The summed E-state index contributed by atoms with van der Waals surface area (Å²) in [5.41, 5.74) is 8.26. The van der Waals surface area contributed by atoms with Crippen molar-refractivity contribution in [3.05, 3.63) is 36.0 Å². The van der Waals surface area contributed by atoms with Crippen molar-refractivity contribution in [3.63, 3.8) is 0 Å². The van der Waals surface area contributed by atoms with Gasteiger partial charge in [0.1, 0.15) is 12.1 Å². The number of nitrogens with two attached hydrogens (primary N) is 1. The number of fused-ring (bicyclic) bond motifs is 1. The molecule has 1 aromatic carbocycles. The third-order valence-corrected chi connectivity index (χ3v) is 10.8. The van der Waals surface area contributed by atoms with E-state index >= 15 is 0 Å². The Bertz CT molecular complexity index is 1180. The van der Waals surface area contributed by atoms with E-state index in [0.29, 0.717) is 19.3 Å². The maximum absolute atomic E-state index is 13.1. The molecule has 2 aromatic rings. The van der Waals surface area contributed by atoms with Crippen LogP contribution in [0.5, 0.6) is 0 Å². The second kappa shape index (κ2) is 32.4. The van der Waals surface area contributed by atoms with Crippen molar-refractivity contribution in [1.82, 2.24) is 15.6 Å². The number of aromatic amines is 1. The van der Waals surface area contributed by atoms with Crippen LogP contribution in [0.1, 0.15) is 199 Å². The molecular formula is C46H80N4O4. The Hall–Kier alpha value is -2.87. The largest absolute Gasteiger partial charge is 0.457 e. The summed E-state index contributed by atoms with van der Waals surface area (Å²) in [4.78, 5) is 41.8. The molecule has 0 bridgehead atoms. The fraction of sp³-hybridized carbons (Fsp3) is 0.761. The van der Waals surface area contributed by atoms with Crippen LogP contribution in [0.25, 0.3) is 10.9 Å². The van der Waals surface area contributed by atoms with E-state index in [1.165, 1.54) is 128 Å². The van der Waals surface area contributed by atoms with Gasteiger partial charge in [-0.05, 0) is 24.5 Å². The molecule has 0 radical (unpaired) electrons. The smallest absolute Gasteiger partial charge is 0.323 e. The summed E-state index contributed by atoms with van der Waals surface area (Å²) in [6.07, 6.45) is 35.2. The minimum Gasteiger partial charge on any atom is -0.457 e. The molecular weight excluding hydrogens is 673 g/mol. The number of H-pyrrole nitrogens is 1. The Balaban J connectivity index is 1.67. The van der Waals surface area contributed by atoms with E-state index in [-0.39, 0.29) is 24.9 Å². The quantitative estimate of drug-likeness (QED) is 0.0407. The molecule has 2 rings (SSSR count). The van der Waals surface area contributed by atoms with Crippen LogP contribution in [0.4, 0.5) is 0 Å². The number of ether oxygens (including phenoxy) is 1. The summed E-state index contributed by atoms with van der Waals surface area (Å²) in [5, 5.41) is 6.92. The molecule has 8 heteroatoms. The Morgan fingerprint density at radius 1 is 0.593 bits per heavy atom. The van der Waals surface area contributed by atoms with Gasteiger partial charge < -0.3 is 26.1 Å². The average Bonchev–Trinajstić information content (AvgIpc) is 3.58. The highest BCUT2D eigenvalue weighted by atomic mass is 16.5. The first-order chi connectivity index (χ1) is 26.4. The van der Waals surface area contributed by atoms with E-state index in [1.807, 2.05) is 30.5 Å². The molecule has 1 heterocycles. The molecule has 0 unspecified atom stereocenters. The first kappa shape index (κ1) is 47.3. The van der Waals surface area contributed by atoms with Gasteiger partial charge in [-0.1, -0.05) is 186 Å². The fourth-order valence-electron chi connectivity index (χ4n) is 7.27. The second-order valence-corrected chi connectivity index (χ2v) is 15.8. The Labute approximate surface area is 329 Å². The molecule has 0 fully saturated rings. The van der Waals surface area contributed by atoms with Crippen LogP contribution in [0.15, 0.2) is 30.5 Å². The van der Waals surface area contributed by atoms with Gasteiger partial charge in [-0.25, -0.2) is 0 Å². The standard InChI is InChI=1S/C46H80N4O4/c1-3-5-7-9-11-13-15-17-19-21-23-25-27-33-44(51)49-37-40(54-46(53)42(47)35-39-36-48-43-32-30-29-31-41(39)43)38-50-45(52)34-28-26-24-22-20-18-16-14-12-10-8-6-4-2/h29-32,36,40,42,48H,3-28,33-35,37-38,47H2,1-2H3,(H,49,51)(H,50,52)/t42-/m0/s1. The lowest BCUT2D eigenvalue weighted by Gasteiger charge is -2.21. The average molecular weight is 753 g/mol. The molecule has 0 aliphatic rings. The molecule has 5 N–H and O–H groups in total. The van der Waals surface area contributed by atoms with Gasteiger partial charge in [0.25, 0.3) is 0 Å². The second-order valence-electron chi connectivity index (χ2n) is 15.8. The fourth-order valence-corrected chi connectivity index (χ4v) is 7.27. The van der Waals surface area contributed by atoms with E-state index in [0.717, 1.165) is 55.0 Å². The molecule has 2 amide bonds. The highest BCUT2D eigenvalue weighted by molar-refractivity contribution is 5.84. The van der Waals surface area contributed by atoms with Crippen LogP contribution in [0, 0.1) is 0 Å². The van der Waals surface area contributed by atoms with Gasteiger partial charge in [0, 0.05) is 36.4 Å². The van der Waals surface area contributed by atoms with Crippen molar-refractivity contribution < 1.29 is 19.1 Å². The van der Waals surface area contributed by atoms with Crippen LogP contribution < -0.4 is 16.4 Å². The highest BCUT2D eigenvalue weighted by Crippen LogP contribution is 2.19. The topological polar surface area (TPSA) is 126 Å². The zero-order valence-electron chi connectivity index (χ0n) is 34.7. The van der Waals surface area contributed by atoms with Crippen LogP contribution >= 0.6 is 0 Å². The summed E-state index contributed by atoms with van der Waals surface area (Å²) in [6.45, 7) is 4.81. The van der Waals surface area contributed by atoms with Gasteiger partial charge in [-0.3, -0.25) is 14.4 Å². The SMILES string of the molecule is CCCCCCCCCCCCCCCC(=O)NCC(CNC(=O)CCCCCCCCCCCCCCC)OC(=O)[C@@H](N)Cc1c[nH]c2ccccc12. The number of amides is 2. The number of carbonyl (C=O) groups is 3. The predicted octanol–water partition coefficient (Wildman–Crippen LogP) is 11.1. The maximum Gasteiger partial charge on any atom is 0.323 e. The van der Waals surface area contributed by atoms with Crippen molar-refractivity contribution in [2.75, 3.05) is 13.1 Å². The first-order valence-electron chi connectivity index (χ1n) is 22.5. The lowest BCUT2D eigenvalue weighted by atomic mass is 10.0. The number of esters is 1. The Kier molecular flexibility index (Phi) is 28.4. The van der Waals surface area contributed by atoms with Crippen molar-refractivity contribution in [3.8, 4) is 0 Å². The van der Waals surface area contributed by atoms with E-state index in [4.69, 9.17) is 10.5 Å². The summed E-state index contributed by atoms with van der Waals surface area (Å²) >= 11 is 0. The van der Waals surface area contributed by atoms with Crippen LogP contribution in [-0.2, 0) is 25.5 Å². The Morgan fingerprint density at radius 3 is 1.41 bits per heavy atom. The van der Waals surface area contributed by atoms with Crippen molar-refractivity contribution in [2.24, 2.45) is 5.73 Å². The van der Waals surface area contributed by atoms with E-state index in [2.05, 4.69) is 29.5 Å². The number of rotatable bonds is 36. The van der Waals surface area contributed by atoms with E-state index in [1.54, 1.807) is 0 Å². The highest BCUT2D eigenvalue weighted by Gasteiger charge is 2.23. The van der Waals surface area contributed by atoms with Crippen LogP contribution in [-0.4, -0.2) is 48.0 Å². The van der Waals surface area contributed by atoms with Crippen LogP contribution in [0.2, 0.25) is 0 Å². The molecule has 0 aliphatic heterocycles. The lowest BCUT2D eigenvalue weighted by molar-refractivity contribution is -0.151. The molecule has 1 aromatic heterocycles. The lowest BCUT2D eigenvalue weighted by Crippen LogP contribution is -2.45. The molecule has 0 saturated carbocycles. The monoisotopic (exact) mass is 753 g/mol. The normalized spacial score (nSPS) is 12.0. The molecule has 8 nitrogen and oxygen atoms in total. The summed E-state index contributed by atoms with van der Waals surface area (Å²) < 4.78 is 5.81. The molecule has 308 valence electrons. The third-order valence-electron chi connectivity index (χ3n) is 10.8. The zero-order chi connectivity index (χ0) is 38.9. The summed E-state index contributed by atoms with van der Waals surface area (Å²) in [7, 11) is 0. The summed E-state index contributed by atoms with van der Waals surface area (Å²) in [5.74, 6) is -0.650. The molecule has 54 heavy (non-hydrogen) atoms. The number of carbonyl (C=O) groups excluding carboxylic acids is 3. The van der Waals surface area contributed by atoms with Gasteiger partial charge in [-0.2, -0.15) is 0 Å². The van der Waals surface area contributed by atoms with Crippen LogP contribution in [0.3, 0.4) is 0 Å². The maximum atomic E-state index is 13.1. The van der Waals surface area contributed by atoms with Crippen molar-refractivity contribution in [1.29, 1.82) is 0 Å². The van der Waals surface area contributed by atoms with Crippen molar-refractivity contribution in [2.45, 2.75) is 212 Å². The van der Waals surface area contributed by atoms with Gasteiger partial charge in [-0.15, -0.1) is 0 Å². The van der Waals surface area contributed by atoms with Gasteiger partial charge in [0.15, 0.2) is 0 Å². The third kappa shape index (κ3) is 23.8. The minimum absolute atomic E-state index is 0.0551. The van der Waals surface area contributed by atoms with E-state index < -0.39 is 18.1 Å². The minimum atomic E-state index is -0.866. The Morgan fingerprint density at radius 2 is 0.981 bits per heavy atom. The molecule has 0 saturated heterocycles. The number of nitrogens with one attached hydrogen (secondary N) is 3. The predicted molar refractivity (Wildman–Crippen MR) is 227 cm³/mol. The van der Waals surface area contributed by atoms with E-state index in [9.17, 15) is 14.4 Å². The zero-order valence-corrected chi connectivity index (χ0v) is 34.7. The number of hydrogen-bond donors (Lipinski definition) is 4. The van der Waals surface area contributed by atoms with Gasteiger partial charge in [0.05, 0.1) is 13.1 Å². The number of hydrogen-bond acceptors (Lipinski definition) is 5. The van der Waals surface area contributed by atoms with Gasteiger partial charge in [0.2, 0.25) is 11.8 Å². The number of unbranched alkanes of at least 4 members (excludes halogenated alkanes) is 24. The first-order valence-corrected chi connectivity index (χ1v) is 22.5. The van der Waals surface area contributed by atoms with Crippen molar-refractivity contribution >= 4 is 28.7 Å². The molecule has 0 spiro atoms. The molecule has 1 atom stereocenters. The summed E-state index contributed by atoms with van der Waals surface area (Å²) in [6, 6.07) is 7.04.